The van der Waals surface area contributed by atoms with Gasteiger partial charge in [0.15, 0.2) is 0 Å². The van der Waals surface area contributed by atoms with Crippen LogP contribution in [0, 0.1) is 11.8 Å². The number of phenols is 1. The number of phenolic OH excluding ortho intramolecular Hbond substituents is 1. The maximum absolute atomic E-state index is 13.0. The summed E-state index contributed by atoms with van der Waals surface area (Å²) in [6, 6.07) is 11.2. The number of aromatic nitrogens is 3. The Morgan fingerprint density at radius 2 is 1.01 bits per heavy atom. The standard InChI is InChI=1S/C41H61N5O4.C22H40O3/c1-5-6-7-8-9-10-11-12-13-14-15-16-17-18-19-20-23-32-30-38(48)45(40(32)50)44-37(47)27-26-31-28-33(41(2,3)4)39(49)36(29-31)46-42-34-24-21-22-25-35(34)43-46;1-2-3-4-5-6-7-8-9-10-11-12-13-14-15-16-17-18-20-19-21(23)25-22(20)24/h21-22,24-25,28-29,32,49H,5-20,23,26-27,30H2,1-4H3,(H,44,47);20H,2-19H2,1H3. The van der Waals surface area contributed by atoms with Gasteiger partial charge in [-0.25, -0.2) is 0 Å². The number of carbonyl (C=O) groups excluding carboxylic acids is 5. The van der Waals surface area contributed by atoms with E-state index in [4.69, 9.17) is 0 Å². The summed E-state index contributed by atoms with van der Waals surface area (Å²) in [6.45, 7) is 10.6. The number of unbranched alkanes of at least 4 members (excludes halogenated alkanes) is 30. The van der Waals surface area contributed by atoms with Crippen LogP contribution in [0.1, 0.15) is 283 Å². The summed E-state index contributed by atoms with van der Waals surface area (Å²) in [6.07, 6.45) is 44.8. The minimum atomic E-state index is -0.398. The highest BCUT2D eigenvalue weighted by Crippen LogP contribution is 2.37. The van der Waals surface area contributed by atoms with Crippen molar-refractivity contribution in [2.75, 3.05) is 0 Å². The third-order valence-electron chi connectivity index (χ3n) is 15.4. The van der Waals surface area contributed by atoms with Crippen LogP contribution in [0.3, 0.4) is 0 Å². The molecule has 75 heavy (non-hydrogen) atoms. The second-order valence-corrected chi connectivity index (χ2v) is 23.1. The summed E-state index contributed by atoms with van der Waals surface area (Å²) in [5.74, 6) is -2.11. The Labute approximate surface area is 453 Å². The molecule has 12 heteroatoms. The van der Waals surface area contributed by atoms with Gasteiger partial charge >= 0.3 is 11.9 Å². The highest BCUT2D eigenvalue weighted by Gasteiger charge is 2.39. The Bertz CT molecular complexity index is 2090. The number of nitrogens with one attached hydrogen (secondary N) is 1. The number of hydrogen-bond donors (Lipinski definition) is 2. The van der Waals surface area contributed by atoms with Gasteiger partial charge in [-0.3, -0.25) is 29.4 Å². The number of aromatic hydroxyl groups is 1. The number of esters is 2. The molecule has 3 amide bonds. The van der Waals surface area contributed by atoms with Crippen LogP contribution in [0.25, 0.3) is 16.7 Å². The van der Waals surface area contributed by atoms with Crippen molar-refractivity contribution in [2.24, 2.45) is 11.8 Å². The highest BCUT2D eigenvalue weighted by atomic mass is 16.6. The van der Waals surface area contributed by atoms with E-state index >= 15 is 0 Å². The van der Waals surface area contributed by atoms with Crippen molar-refractivity contribution in [3.8, 4) is 11.4 Å². The third kappa shape index (κ3) is 24.5. The van der Waals surface area contributed by atoms with Crippen LogP contribution in [0.15, 0.2) is 36.4 Å². The van der Waals surface area contributed by atoms with Crippen LogP contribution in [0.5, 0.6) is 5.75 Å². The molecule has 0 spiro atoms. The monoisotopic (exact) mass is 1040 g/mol. The van der Waals surface area contributed by atoms with Crippen LogP contribution >= 0.6 is 0 Å². The van der Waals surface area contributed by atoms with Crippen molar-refractivity contribution < 1.29 is 33.8 Å². The van der Waals surface area contributed by atoms with Crippen molar-refractivity contribution in [3.63, 3.8) is 0 Å². The molecule has 2 atom stereocenters. The normalized spacial score (nSPS) is 15.8. The van der Waals surface area contributed by atoms with Crippen LogP contribution in [0.4, 0.5) is 0 Å². The molecular formula is C63H101N5O7. The predicted molar refractivity (Wildman–Crippen MR) is 303 cm³/mol. The van der Waals surface area contributed by atoms with Crippen molar-refractivity contribution in [2.45, 2.75) is 284 Å². The first-order valence-electron chi connectivity index (χ1n) is 30.4. The molecule has 3 heterocycles. The first-order valence-corrected chi connectivity index (χ1v) is 30.4. The lowest BCUT2D eigenvalue weighted by atomic mass is 9.84. The number of benzene rings is 2. The number of rotatable bonds is 39. The smallest absolute Gasteiger partial charge is 0.317 e. The Morgan fingerprint density at radius 3 is 1.41 bits per heavy atom. The van der Waals surface area contributed by atoms with Gasteiger partial charge in [0.2, 0.25) is 11.8 Å². The largest absolute Gasteiger partial charge is 0.505 e. The number of imide groups is 1. The Morgan fingerprint density at radius 1 is 0.600 bits per heavy atom. The van der Waals surface area contributed by atoms with Gasteiger partial charge < -0.3 is 9.84 Å². The third-order valence-corrected chi connectivity index (χ3v) is 15.4. The van der Waals surface area contributed by atoms with E-state index in [1.165, 1.54) is 185 Å². The molecule has 1 aromatic heterocycles. The van der Waals surface area contributed by atoms with Gasteiger partial charge in [-0.1, -0.05) is 258 Å². The molecule has 2 N–H and O–H groups in total. The SMILES string of the molecule is CCCCCCCCCCCCCCCCCCC1CC(=O)N(NC(=O)CCc2cc(-n3nc4ccccc4n3)c(O)c(C(C)(C)C)c2)C1=O.CCCCCCCCCCCCCCCCCCC1CC(=O)OC1=O. The Kier molecular flexibility index (Phi) is 30.6. The summed E-state index contributed by atoms with van der Waals surface area (Å²) < 4.78 is 4.58. The minimum absolute atomic E-state index is 0.0726. The van der Waals surface area contributed by atoms with E-state index in [9.17, 15) is 29.1 Å². The number of aryl methyl sites for hydroxylation is 1. The maximum atomic E-state index is 13.0. The van der Waals surface area contributed by atoms with Gasteiger partial charge in [0, 0.05) is 24.3 Å². The molecule has 2 aromatic carbocycles. The van der Waals surface area contributed by atoms with Gasteiger partial charge in [-0.15, -0.1) is 15.0 Å². The lowest BCUT2D eigenvalue weighted by Crippen LogP contribution is -2.46. The fourth-order valence-corrected chi connectivity index (χ4v) is 10.6. The molecule has 420 valence electrons. The summed E-state index contributed by atoms with van der Waals surface area (Å²) in [7, 11) is 0. The zero-order chi connectivity index (χ0) is 54.1. The molecule has 2 fully saturated rings. The maximum Gasteiger partial charge on any atom is 0.317 e. The fourth-order valence-electron chi connectivity index (χ4n) is 10.6. The molecule has 0 radical (unpaired) electrons. The summed E-state index contributed by atoms with van der Waals surface area (Å²) >= 11 is 0. The van der Waals surface area contributed by atoms with E-state index < -0.39 is 5.91 Å². The molecule has 2 saturated heterocycles. The number of nitrogens with zero attached hydrogens (tertiary/aromatic N) is 4. The topological polar surface area (TPSA) is 161 Å². The quantitative estimate of drug-likeness (QED) is 0.0245. The summed E-state index contributed by atoms with van der Waals surface area (Å²) in [4.78, 5) is 62.4. The number of hydrogen-bond acceptors (Lipinski definition) is 9. The number of fused-ring (bicyclic) bond motifs is 1. The number of ether oxygens (including phenoxy) is 1. The van der Waals surface area contributed by atoms with E-state index in [0.29, 0.717) is 41.5 Å². The average Bonchev–Trinajstić information content (AvgIpc) is 4.05. The van der Waals surface area contributed by atoms with Crippen molar-refractivity contribution in [1.82, 2.24) is 25.4 Å². The second-order valence-electron chi connectivity index (χ2n) is 23.1. The van der Waals surface area contributed by atoms with Gasteiger partial charge in [-0.05, 0) is 48.4 Å². The first kappa shape index (κ1) is 62.9. The van der Waals surface area contributed by atoms with E-state index in [-0.39, 0.29) is 59.6 Å². The average molecular weight is 1040 g/mol. The molecule has 0 aliphatic carbocycles. The van der Waals surface area contributed by atoms with Crippen LogP contribution in [-0.2, 0) is 40.5 Å². The molecule has 2 unspecified atom stereocenters. The molecule has 2 aliphatic rings. The first-order chi connectivity index (χ1) is 36.3. The van der Waals surface area contributed by atoms with Gasteiger partial charge in [0.25, 0.3) is 5.91 Å². The zero-order valence-corrected chi connectivity index (χ0v) is 47.7. The van der Waals surface area contributed by atoms with Crippen molar-refractivity contribution >= 4 is 40.7 Å². The van der Waals surface area contributed by atoms with Crippen LogP contribution in [-0.4, -0.2) is 54.8 Å². The van der Waals surface area contributed by atoms with Crippen molar-refractivity contribution in [3.05, 3.63) is 47.5 Å². The lowest BCUT2D eigenvalue weighted by molar-refractivity contribution is -0.153. The number of cyclic esters (lactones) is 2. The molecule has 0 saturated carbocycles. The number of amides is 3. The van der Waals surface area contributed by atoms with Gasteiger partial charge in [-0.2, -0.15) is 5.01 Å². The Hall–Kier alpha value is -4.61. The lowest BCUT2D eigenvalue weighted by Gasteiger charge is -2.23. The second kappa shape index (κ2) is 36.4. The minimum Gasteiger partial charge on any atom is -0.505 e. The highest BCUT2D eigenvalue weighted by molar-refractivity contribution is 6.04. The summed E-state index contributed by atoms with van der Waals surface area (Å²) in [5, 5.41) is 21.2. The molecule has 12 nitrogen and oxygen atoms in total. The molecule has 0 bridgehead atoms. The predicted octanol–water partition coefficient (Wildman–Crippen LogP) is 16.1. The van der Waals surface area contributed by atoms with Crippen molar-refractivity contribution in [1.29, 1.82) is 0 Å². The number of hydrazine groups is 1. The molecule has 3 aromatic rings. The van der Waals surface area contributed by atoms with Crippen LogP contribution in [0.2, 0.25) is 0 Å². The Balaban J connectivity index is 0.000000409. The van der Waals surface area contributed by atoms with E-state index in [0.717, 1.165) is 42.7 Å². The molecule has 2 aliphatic heterocycles. The summed E-state index contributed by atoms with van der Waals surface area (Å²) in [5.41, 5.74) is 5.59. The number of carbonyl (C=O) groups is 5. The zero-order valence-electron chi connectivity index (χ0n) is 47.7. The molecule has 5 rings (SSSR count). The van der Waals surface area contributed by atoms with E-state index in [1.807, 2.05) is 51.1 Å². The van der Waals surface area contributed by atoms with Crippen LogP contribution < -0.4 is 5.43 Å². The van der Waals surface area contributed by atoms with E-state index in [2.05, 4.69) is 34.2 Å². The van der Waals surface area contributed by atoms with E-state index in [1.54, 1.807) is 6.07 Å². The fraction of sp³-hybridized carbons (Fsp3) is 0.730. The van der Waals surface area contributed by atoms with Gasteiger partial charge in [0.1, 0.15) is 22.5 Å². The molecular weight excluding hydrogens is 939 g/mol. The van der Waals surface area contributed by atoms with Gasteiger partial charge in [0.05, 0.1) is 12.3 Å².